The number of nitrogens with one attached hydrogen (secondary N) is 4. The van der Waals surface area contributed by atoms with Crippen LogP contribution in [0.15, 0.2) is 0 Å². The SMILES string of the molecule is CCC(C)C(NC(=O)C1CCCN1)C(=O)NCC(=O)NC(C=O)CO. The Morgan fingerprint density at radius 1 is 1.32 bits per heavy atom. The van der Waals surface area contributed by atoms with E-state index in [1.54, 1.807) is 0 Å². The van der Waals surface area contributed by atoms with Crippen molar-refractivity contribution in [3.8, 4) is 0 Å². The minimum atomic E-state index is -0.997. The number of hydrogen-bond donors (Lipinski definition) is 5. The topological polar surface area (TPSA) is 137 Å². The Bertz CT molecular complexity index is 479. The van der Waals surface area contributed by atoms with Gasteiger partial charge in [0, 0.05) is 0 Å². The highest BCUT2D eigenvalue weighted by Crippen LogP contribution is 2.10. The van der Waals surface area contributed by atoms with Gasteiger partial charge in [-0.25, -0.2) is 0 Å². The third-order valence-electron chi connectivity index (χ3n) is 4.30. The monoisotopic (exact) mass is 356 g/mol. The lowest BCUT2D eigenvalue weighted by molar-refractivity contribution is -0.132. The van der Waals surface area contributed by atoms with E-state index in [1.807, 2.05) is 13.8 Å². The molecule has 1 aliphatic heterocycles. The first kappa shape index (κ1) is 21.0. The van der Waals surface area contributed by atoms with Gasteiger partial charge in [0.05, 0.1) is 19.2 Å². The molecule has 25 heavy (non-hydrogen) atoms. The number of carbonyl (C=O) groups is 4. The lowest BCUT2D eigenvalue weighted by atomic mass is 9.97. The van der Waals surface area contributed by atoms with Crippen LogP contribution in [0.4, 0.5) is 0 Å². The first-order valence-corrected chi connectivity index (χ1v) is 8.59. The Morgan fingerprint density at radius 3 is 2.56 bits per heavy atom. The van der Waals surface area contributed by atoms with Crippen molar-refractivity contribution in [1.82, 2.24) is 21.3 Å². The molecule has 1 heterocycles. The summed E-state index contributed by atoms with van der Waals surface area (Å²) >= 11 is 0. The molecule has 4 unspecified atom stereocenters. The predicted octanol–water partition coefficient (Wildman–Crippen LogP) is -1.94. The Hall–Kier alpha value is -2.00. The minimum absolute atomic E-state index is 0.103. The molecule has 0 saturated carbocycles. The standard InChI is InChI=1S/C16H28N4O5/c1-3-10(2)14(20-15(24)12-5-4-6-17-12)16(25)18-7-13(23)19-11(8-21)9-22/h8,10-12,14,17,22H,3-7,9H2,1-2H3,(H,18,25)(H,19,23)(H,20,24). The molecule has 0 aromatic heterocycles. The maximum Gasteiger partial charge on any atom is 0.243 e. The van der Waals surface area contributed by atoms with Gasteiger partial charge in [-0.3, -0.25) is 14.4 Å². The third-order valence-corrected chi connectivity index (χ3v) is 4.30. The molecule has 0 spiro atoms. The molecule has 3 amide bonds. The van der Waals surface area contributed by atoms with E-state index < -0.39 is 30.5 Å². The number of rotatable bonds is 10. The number of amides is 3. The van der Waals surface area contributed by atoms with Crippen LogP contribution in [0.3, 0.4) is 0 Å². The van der Waals surface area contributed by atoms with Gasteiger partial charge in [0.15, 0.2) is 0 Å². The number of carbonyl (C=O) groups excluding carboxylic acids is 4. The lowest BCUT2D eigenvalue weighted by Crippen LogP contribution is -2.55. The number of hydrogen-bond acceptors (Lipinski definition) is 6. The molecule has 0 aromatic carbocycles. The maximum absolute atomic E-state index is 12.4. The van der Waals surface area contributed by atoms with Gasteiger partial charge in [0.25, 0.3) is 0 Å². The molecule has 1 aliphatic rings. The van der Waals surface area contributed by atoms with Gasteiger partial charge in [0.2, 0.25) is 17.7 Å². The zero-order valence-electron chi connectivity index (χ0n) is 14.7. The van der Waals surface area contributed by atoms with E-state index in [0.29, 0.717) is 12.7 Å². The van der Waals surface area contributed by atoms with Gasteiger partial charge >= 0.3 is 0 Å². The fraction of sp³-hybridized carbons (Fsp3) is 0.750. The Labute approximate surface area is 147 Å². The van der Waals surface area contributed by atoms with Gasteiger partial charge in [-0.1, -0.05) is 20.3 Å². The second-order valence-electron chi connectivity index (χ2n) is 6.23. The number of aliphatic hydroxyl groups is 1. The Morgan fingerprint density at radius 2 is 2.04 bits per heavy atom. The molecule has 0 radical (unpaired) electrons. The molecule has 4 atom stereocenters. The van der Waals surface area contributed by atoms with Gasteiger partial charge < -0.3 is 31.2 Å². The number of aliphatic hydroxyl groups excluding tert-OH is 1. The van der Waals surface area contributed by atoms with Crippen molar-refractivity contribution in [3.05, 3.63) is 0 Å². The molecule has 9 nitrogen and oxygen atoms in total. The van der Waals surface area contributed by atoms with Crippen LogP contribution in [0, 0.1) is 5.92 Å². The molecule has 1 rings (SSSR count). The molecule has 0 aromatic rings. The smallest absolute Gasteiger partial charge is 0.243 e. The summed E-state index contributed by atoms with van der Waals surface area (Å²) in [4.78, 5) is 46.9. The first-order chi connectivity index (χ1) is 11.9. The maximum atomic E-state index is 12.4. The Kier molecular flexibility index (Phi) is 9.07. The summed E-state index contributed by atoms with van der Waals surface area (Å²) < 4.78 is 0. The minimum Gasteiger partial charge on any atom is -0.394 e. The molecule has 142 valence electrons. The normalized spacial score (nSPS) is 20.2. The number of aldehydes is 1. The van der Waals surface area contributed by atoms with Crippen molar-refractivity contribution >= 4 is 24.0 Å². The van der Waals surface area contributed by atoms with E-state index in [0.717, 1.165) is 19.4 Å². The van der Waals surface area contributed by atoms with Crippen molar-refractivity contribution < 1.29 is 24.3 Å². The second-order valence-corrected chi connectivity index (χ2v) is 6.23. The highest BCUT2D eigenvalue weighted by Gasteiger charge is 2.30. The fourth-order valence-corrected chi connectivity index (χ4v) is 2.52. The average molecular weight is 356 g/mol. The van der Waals surface area contributed by atoms with Crippen LogP contribution in [0.5, 0.6) is 0 Å². The van der Waals surface area contributed by atoms with Crippen molar-refractivity contribution in [2.75, 3.05) is 19.7 Å². The average Bonchev–Trinajstić information content (AvgIpc) is 3.16. The van der Waals surface area contributed by atoms with Crippen LogP contribution >= 0.6 is 0 Å². The predicted molar refractivity (Wildman–Crippen MR) is 90.5 cm³/mol. The van der Waals surface area contributed by atoms with E-state index in [-0.39, 0.29) is 24.4 Å². The zero-order chi connectivity index (χ0) is 18.8. The van der Waals surface area contributed by atoms with E-state index in [1.165, 1.54) is 0 Å². The molecule has 1 fully saturated rings. The molecule has 9 heteroatoms. The van der Waals surface area contributed by atoms with Crippen LogP contribution in [0.2, 0.25) is 0 Å². The highest BCUT2D eigenvalue weighted by atomic mass is 16.3. The van der Waals surface area contributed by atoms with Crippen LogP contribution in [0.25, 0.3) is 0 Å². The van der Waals surface area contributed by atoms with Crippen LogP contribution in [0.1, 0.15) is 33.1 Å². The zero-order valence-corrected chi connectivity index (χ0v) is 14.7. The van der Waals surface area contributed by atoms with Crippen molar-refractivity contribution in [2.24, 2.45) is 5.92 Å². The molecular weight excluding hydrogens is 328 g/mol. The summed E-state index contributed by atoms with van der Waals surface area (Å²) in [5, 5.41) is 19.4. The summed E-state index contributed by atoms with van der Waals surface area (Å²) in [5.41, 5.74) is 0. The second kappa shape index (κ2) is 10.8. The van der Waals surface area contributed by atoms with Gasteiger partial charge in [0.1, 0.15) is 18.4 Å². The van der Waals surface area contributed by atoms with Crippen LogP contribution in [-0.2, 0) is 19.2 Å². The molecule has 5 N–H and O–H groups in total. The van der Waals surface area contributed by atoms with E-state index in [4.69, 9.17) is 5.11 Å². The van der Waals surface area contributed by atoms with Crippen LogP contribution < -0.4 is 21.3 Å². The van der Waals surface area contributed by atoms with Gasteiger partial charge in [-0.2, -0.15) is 0 Å². The lowest BCUT2D eigenvalue weighted by Gasteiger charge is -2.25. The summed E-state index contributed by atoms with van der Waals surface area (Å²) in [7, 11) is 0. The third kappa shape index (κ3) is 6.79. The van der Waals surface area contributed by atoms with Crippen molar-refractivity contribution in [1.29, 1.82) is 0 Å². The molecule has 1 saturated heterocycles. The van der Waals surface area contributed by atoms with Crippen LogP contribution in [-0.4, -0.2) is 66.9 Å². The van der Waals surface area contributed by atoms with Gasteiger partial charge in [-0.05, 0) is 25.3 Å². The summed E-state index contributed by atoms with van der Waals surface area (Å²) in [6.07, 6.45) is 2.75. The Balaban J connectivity index is 2.56. The van der Waals surface area contributed by atoms with E-state index in [2.05, 4.69) is 21.3 Å². The molecular formula is C16H28N4O5. The molecule has 0 bridgehead atoms. The van der Waals surface area contributed by atoms with E-state index >= 15 is 0 Å². The summed E-state index contributed by atoms with van der Waals surface area (Å²) in [5.74, 6) is -1.37. The molecule has 0 aliphatic carbocycles. The van der Waals surface area contributed by atoms with Crippen molar-refractivity contribution in [2.45, 2.75) is 51.2 Å². The highest BCUT2D eigenvalue weighted by molar-refractivity contribution is 5.92. The fourth-order valence-electron chi connectivity index (χ4n) is 2.52. The van der Waals surface area contributed by atoms with Crippen molar-refractivity contribution in [3.63, 3.8) is 0 Å². The quantitative estimate of drug-likeness (QED) is 0.289. The summed E-state index contributed by atoms with van der Waals surface area (Å²) in [6.45, 7) is 3.69. The van der Waals surface area contributed by atoms with Gasteiger partial charge in [-0.15, -0.1) is 0 Å². The summed E-state index contributed by atoms with van der Waals surface area (Å²) in [6, 6.07) is -2.03. The largest absolute Gasteiger partial charge is 0.394 e. The van der Waals surface area contributed by atoms with E-state index in [9.17, 15) is 19.2 Å². The first-order valence-electron chi connectivity index (χ1n) is 8.59.